The number of halogens is 1. The van der Waals surface area contributed by atoms with Crippen molar-refractivity contribution in [1.29, 1.82) is 0 Å². The Labute approximate surface area is 184 Å². The summed E-state index contributed by atoms with van der Waals surface area (Å²) in [6.07, 6.45) is 0. The summed E-state index contributed by atoms with van der Waals surface area (Å²) < 4.78 is 6.40. The Bertz CT molecular complexity index is 1190. The number of methoxy groups -OCH3 is 1. The molecule has 0 aliphatic carbocycles. The summed E-state index contributed by atoms with van der Waals surface area (Å²) in [6.45, 7) is 0. The number of amides is 1. The van der Waals surface area contributed by atoms with Crippen molar-refractivity contribution < 1.29 is 19.2 Å². The number of fused-ring (bicyclic) bond motifs is 1. The molecule has 4 rings (SSSR count). The molecule has 0 unspecified atom stereocenters. The van der Waals surface area contributed by atoms with Gasteiger partial charge in [-0.1, -0.05) is 59.3 Å². The van der Waals surface area contributed by atoms with Crippen molar-refractivity contribution in [2.75, 3.05) is 12.0 Å². The smallest absolute Gasteiger partial charge is 0.377 e. The summed E-state index contributed by atoms with van der Waals surface area (Å²) in [7, 11) is 1.50. The fourth-order valence-corrected chi connectivity index (χ4v) is 5.19. The standard InChI is InChI=1S/C19H11ClN2O4S3/c1-25-12-8-4-3-7-11(12)22-17(23)16(29-19(22)27)21-26-18(24)15-14(20)10-6-2-5-9-13(10)28-15/h2-9H,1H3. The van der Waals surface area contributed by atoms with Crippen molar-refractivity contribution in [2.24, 2.45) is 5.16 Å². The molecule has 0 N–H and O–H groups in total. The Morgan fingerprint density at radius 1 is 1.17 bits per heavy atom. The van der Waals surface area contributed by atoms with E-state index in [0.717, 1.165) is 21.8 Å². The van der Waals surface area contributed by atoms with Crippen molar-refractivity contribution in [3.8, 4) is 5.75 Å². The van der Waals surface area contributed by atoms with Crippen LogP contribution in [0, 0.1) is 0 Å². The van der Waals surface area contributed by atoms with E-state index in [1.165, 1.54) is 23.3 Å². The molecule has 6 nitrogen and oxygen atoms in total. The van der Waals surface area contributed by atoms with Gasteiger partial charge in [0, 0.05) is 10.1 Å². The first-order valence-electron chi connectivity index (χ1n) is 8.17. The number of hydrogen-bond donors (Lipinski definition) is 0. The van der Waals surface area contributed by atoms with Crippen LogP contribution in [0.4, 0.5) is 5.69 Å². The highest BCUT2D eigenvalue weighted by molar-refractivity contribution is 8.35. The number of benzene rings is 2. The molecule has 3 aromatic rings. The zero-order chi connectivity index (χ0) is 20.5. The van der Waals surface area contributed by atoms with Crippen LogP contribution >= 0.6 is 46.9 Å². The minimum absolute atomic E-state index is 0.0495. The van der Waals surface area contributed by atoms with E-state index in [9.17, 15) is 9.59 Å². The van der Waals surface area contributed by atoms with E-state index in [1.807, 2.05) is 24.3 Å². The second-order valence-corrected chi connectivity index (χ2v) is 8.75. The van der Waals surface area contributed by atoms with E-state index in [1.54, 1.807) is 24.3 Å². The van der Waals surface area contributed by atoms with Crippen LogP contribution in [0.15, 0.2) is 53.7 Å². The van der Waals surface area contributed by atoms with E-state index in [-0.39, 0.29) is 14.2 Å². The number of thiocarbonyl (C=S) groups is 1. The first-order valence-corrected chi connectivity index (χ1v) is 10.6. The van der Waals surface area contributed by atoms with Gasteiger partial charge in [0.2, 0.25) is 5.04 Å². The van der Waals surface area contributed by atoms with Gasteiger partial charge in [-0.2, -0.15) is 0 Å². The Hall–Kier alpha value is -2.46. The summed E-state index contributed by atoms with van der Waals surface area (Å²) in [5, 5.41) is 4.74. The fourth-order valence-electron chi connectivity index (χ4n) is 2.70. The molecule has 1 aromatic heterocycles. The molecule has 1 amide bonds. The van der Waals surface area contributed by atoms with Gasteiger partial charge in [0.25, 0.3) is 5.91 Å². The number of hydrogen-bond acceptors (Lipinski definition) is 8. The van der Waals surface area contributed by atoms with Crippen LogP contribution < -0.4 is 9.64 Å². The maximum absolute atomic E-state index is 12.8. The SMILES string of the molecule is COc1ccccc1N1C(=O)C(=NOC(=O)c2sc3ccccc3c2Cl)SC1=S. The summed E-state index contributed by atoms with van der Waals surface area (Å²) in [6, 6.07) is 14.3. The topological polar surface area (TPSA) is 68.2 Å². The van der Waals surface area contributed by atoms with E-state index in [0.29, 0.717) is 16.5 Å². The highest BCUT2D eigenvalue weighted by Gasteiger charge is 2.37. The van der Waals surface area contributed by atoms with Crippen molar-refractivity contribution in [3.05, 3.63) is 58.4 Å². The number of thioether (sulfide) groups is 1. The minimum atomic E-state index is -0.737. The molecular weight excluding hydrogens is 452 g/mol. The maximum Gasteiger partial charge on any atom is 0.377 e. The lowest BCUT2D eigenvalue weighted by Gasteiger charge is -2.17. The van der Waals surface area contributed by atoms with Crippen LogP contribution in [0.3, 0.4) is 0 Å². The van der Waals surface area contributed by atoms with Gasteiger partial charge in [-0.05, 0) is 30.0 Å². The summed E-state index contributed by atoms with van der Waals surface area (Å²) in [4.78, 5) is 31.7. The number of para-hydroxylation sites is 2. The third kappa shape index (κ3) is 3.62. The molecule has 0 bridgehead atoms. The highest BCUT2D eigenvalue weighted by Crippen LogP contribution is 2.37. The van der Waals surface area contributed by atoms with Gasteiger partial charge in [-0.15, -0.1) is 11.3 Å². The average Bonchev–Trinajstić information content (AvgIpc) is 3.22. The summed E-state index contributed by atoms with van der Waals surface area (Å²) in [5.41, 5.74) is 0.488. The Morgan fingerprint density at radius 2 is 1.90 bits per heavy atom. The number of carbonyl (C=O) groups excluding carboxylic acids is 2. The number of nitrogens with zero attached hydrogens (tertiary/aromatic N) is 2. The van der Waals surface area contributed by atoms with E-state index >= 15 is 0 Å². The van der Waals surface area contributed by atoms with Crippen LogP contribution in [0.25, 0.3) is 10.1 Å². The largest absolute Gasteiger partial charge is 0.495 e. The van der Waals surface area contributed by atoms with Crippen LogP contribution in [-0.2, 0) is 9.63 Å². The van der Waals surface area contributed by atoms with E-state index < -0.39 is 11.9 Å². The predicted octanol–water partition coefficient (Wildman–Crippen LogP) is 5.10. The number of oxime groups is 1. The lowest BCUT2D eigenvalue weighted by molar-refractivity contribution is -0.111. The van der Waals surface area contributed by atoms with Crippen LogP contribution in [0.2, 0.25) is 5.02 Å². The molecule has 1 aliphatic heterocycles. The number of thiophene rings is 1. The third-order valence-electron chi connectivity index (χ3n) is 4.01. The van der Waals surface area contributed by atoms with E-state index in [4.69, 9.17) is 33.4 Å². The molecule has 146 valence electrons. The van der Waals surface area contributed by atoms with Gasteiger partial charge in [0.1, 0.15) is 10.6 Å². The van der Waals surface area contributed by atoms with Gasteiger partial charge in [0.05, 0.1) is 17.8 Å². The number of rotatable bonds is 4. The predicted molar refractivity (Wildman–Crippen MR) is 120 cm³/mol. The van der Waals surface area contributed by atoms with Crippen LogP contribution in [-0.4, -0.2) is 28.4 Å². The number of carbonyl (C=O) groups is 2. The Morgan fingerprint density at radius 3 is 2.66 bits per heavy atom. The lowest BCUT2D eigenvalue weighted by atomic mass is 10.2. The summed E-state index contributed by atoms with van der Waals surface area (Å²) in [5.74, 6) is -0.752. The Balaban J connectivity index is 1.57. The minimum Gasteiger partial charge on any atom is -0.495 e. The van der Waals surface area contributed by atoms with Gasteiger partial charge in [-0.25, -0.2) is 4.79 Å². The van der Waals surface area contributed by atoms with Gasteiger partial charge < -0.3 is 9.57 Å². The van der Waals surface area contributed by atoms with Gasteiger partial charge in [-0.3, -0.25) is 9.69 Å². The zero-order valence-corrected chi connectivity index (χ0v) is 18.0. The monoisotopic (exact) mass is 462 g/mol. The number of anilines is 1. The third-order valence-corrected chi connectivity index (χ3v) is 6.90. The quantitative estimate of drug-likeness (QED) is 0.305. The maximum atomic E-state index is 12.8. The molecule has 0 spiro atoms. The van der Waals surface area contributed by atoms with Gasteiger partial charge in [0.15, 0.2) is 4.32 Å². The molecule has 0 atom stereocenters. The van der Waals surface area contributed by atoms with Crippen molar-refractivity contribution in [3.63, 3.8) is 0 Å². The lowest BCUT2D eigenvalue weighted by Crippen LogP contribution is -2.30. The number of ether oxygens (including phenoxy) is 1. The van der Waals surface area contributed by atoms with Crippen molar-refractivity contribution >= 4 is 83.9 Å². The van der Waals surface area contributed by atoms with Crippen molar-refractivity contribution in [2.45, 2.75) is 0 Å². The molecule has 2 heterocycles. The molecule has 0 radical (unpaired) electrons. The molecule has 1 saturated heterocycles. The van der Waals surface area contributed by atoms with Crippen molar-refractivity contribution in [1.82, 2.24) is 0 Å². The normalized spacial score (nSPS) is 15.4. The zero-order valence-electron chi connectivity index (χ0n) is 14.7. The molecule has 0 saturated carbocycles. The molecule has 1 fully saturated rings. The molecular formula is C19H11ClN2O4S3. The average molecular weight is 463 g/mol. The molecule has 1 aliphatic rings. The Kier molecular flexibility index (Phi) is 5.55. The molecule has 2 aromatic carbocycles. The second kappa shape index (κ2) is 8.11. The van der Waals surface area contributed by atoms with Gasteiger partial charge >= 0.3 is 5.97 Å². The molecule has 29 heavy (non-hydrogen) atoms. The highest BCUT2D eigenvalue weighted by atomic mass is 35.5. The first kappa shape index (κ1) is 19.8. The van der Waals surface area contributed by atoms with E-state index in [2.05, 4.69) is 5.16 Å². The van der Waals surface area contributed by atoms with Crippen LogP contribution in [0.5, 0.6) is 5.75 Å². The molecule has 10 heteroatoms. The fraction of sp³-hybridized carbons (Fsp3) is 0.0526. The second-order valence-electron chi connectivity index (χ2n) is 5.70. The summed E-state index contributed by atoms with van der Waals surface area (Å²) >= 11 is 13.7. The first-order chi connectivity index (χ1) is 14.0. The van der Waals surface area contributed by atoms with Crippen LogP contribution in [0.1, 0.15) is 9.67 Å².